The molecule has 0 N–H and O–H groups in total. The van der Waals surface area contributed by atoms with Crippen molar-refractivity contribution in [2.45, 2.75) is 32.3 Å². The fourth-order valence-corrected chi connectivity index (χ4v) is 3.27. The lowest BCUT2D eigenvalue weighted by Crippen LogP contribution is -2.36. The summed E-state index contributed by atoms with van der Waals surface area (Å²) in [6.45, 7) is 2.33. The molecule has 2 aromatic rings. The number of rotatable bonds is 6. The number of carbonyl (C=O) groups excluding carboxylic acids is 3. The second kappa shape index (κ2) is 8.62. The van der Waals surface area contributed by atoms with Gasteiger partial charge in [0.1, 0.15) is 24.1 Å². The zero-order valence-electron chi connectivity index (χ0n) is 15.2. The summed E-state index contributed by atoms with van der Waals surface area (Å²) >= 11 is 0. The van der Waals surface area contributed by atoms with Gasteiger partial charge in [-0.05, 0) is 36.6 Å². The Labute approximate surface area is 158 Å². The highest BCUT2D eigenvalue weighted by atomic mass is 16.5. The topological polar surface area (TPSA) is 69.7 Å². The fraction of sp³-hybridized carbons (Fsp3) is 0.318. The van der Waals surface area contributed by atoms with Crippen LogP contribution < -0.4 is 4.74 Å². The van der Waals surface area contributed by atoms with Crippen molar-refractivity contribution in [1.82, 2.24) is 0 Å². The molecule has 2 atom stereocenters. The summed E-state index contributed by atoms with van der Waals surface area (Å²) < 4.78 is 10.8. The third-order valence-electron chi connectivity index (χ3n) is 4.68. The maximum atomic E-state index is 12.4. The minimum Gasteiger partial charge on any atom is -0.489 e. The highest BCUT2D eigenvalue weighted by molar-refractivity contribution is 6.12. The average Bonchev–Trinajstić information content (AvgIpc) is 2.67. The summed E-state index contributed by atoms with van der Waals surface area (Å²) in [4.78, 5) is 36.5. The summed E-state index contributed by atoms with van der Waals surface area (Å²) in [5.41, 5.74) is 1.80. The standard InChI is InChI=1S/C22H22O5/c1-2-26-22(25)19-12-18(20(23)13-21(19)24)16-9-6-10-17(11-16)27-14-15-7-4-3-5-8-15/h3-11,18-19H,2,12-14H2,1H3. The number of ketones is 2. The molecule has 0 heterocycles. The lowest BCUT2D eigenvalue weighted by Gasteiger charge is -2.26. The van der Waals surface area contributed by atoms with Gasteiger partial charge in [-0.25, -0.2) is 0 Å². The van der Waals surface area contributed by atoms with Gasteiger partial charge in [0.15, 0.2) is 5.78 Å². The molecule has 5 nitrogen and oxygen atoms in total. The van der Waals surface area contributed by atoms with E-state index in [2.05, 4.69) is 0 Å². The number of benzene rings is 2. The molecule has 140 valence electrons. The van der Waals surface area contributed by atoms with Gasteiger partial charge in [0.25, 0.3) is 0 Å². The van der Waals surface area contributed by atoms with Crippen LogP contribution in [0.5, 0.6) is 5.75 Å². The van der Waals surface area contributed by atoms with Crippen LogP contribution >= 0.6 is 0 Å². The Morgan fingerprint density at radius 2 is 1.81 bits per heavy atom. The summed E-state index contributed by atoms with van der Waals surface area (Å²) in [6.07, 6.45) is -0.0815. The predicted octanol–water partition coefficient (Wildman–Crippen LogP) is 3.46. The molecule has 27 heavy (non-hydrogen) atoms. The minimum absolute atomic E-state index is 0.151. The molecule has 1 aliphatic carbocycles. The van der Waals surface area contributed by atoms with E-state index in [1.807, 2.05) is 54.6 Å². The Balaban J connectivity index is 1.73. The van der Waals surface area contributed by atoms with E-state index in [4.69, 9.17) is 9.47 Å². The molecule has 0 aliphatic heterocycles. The van der Waals surface area contributed by atoms with E-state index < -0.39 is 17.8 Å². The van der Waals surface area contributed by atoms with Gasteiger partial charge in [-0.1, -0.05) is 42.5 Å². The van der Waals surface area contributed by atoms with Gasteiger partial charge in [-0.2, -0.15) is 0 Å². The number of esters is 1. The second-order valence-corrected chi connectivity index (χ2v) is 6.55. The van der Waals surface area contributed by atoms with Crippen LogP contribution in [-0.4, -0.2) is 24.1 Å². The van der Waals surface area contributed by atoms with Gasteiger partial charge in [0, 0.05) is 5.92 Å². The Morgan fingerprint density at radius 3 is 2.56 bits per heavy atom. The number of hydrogen-bond acceptors (Lipinski definition) is 5. The van der Waals surface area contributed by atoms with Crippen LogP contribution in [0.15, 0.2) is 54.6 Å². The SMILES string of the molecule is CCOC(=O)C1CC(c2cccc(OCc3ccccc3)c2)C(=O)CC1=O. The van der Waals surface area contributed by atoms with E-state index in [0.717, 1.165) is 11.1 Å². The Bertz CT molecular complexity index is 828. The van der Waals surface area contributed by atoms with Crippen LogP contribution in [0.4, 0.5) is 0 Å². The third-order valence-corrected chi connectivity index (χ3v) is 4.68. The maximum Gasteiger partial charge on any atom is 0.316 e. The normalized spacial score (nSPS) is 19.6. The van der Waals surface area contributed by atoms with Gasteiger partial charge in [0.2, 0.25) is 0 Å². The fourth-order valence-electron chi connectivity index (χ4n) is 3.27. The monoisotopic (exact) mass is 366 g/mol. The lowest BCUT2D eigenvalue weighted by atomic mass is 9.76. The lowest BCUT2D eigenvalue weighted by molar-refractivity contribution is -0.153. The van der Waals surface area contributed by atoms with Crippen LogP contribution in [0, 0.1) is 5.92 Å². The molecule has 3 rings (SSSR count). The molecule has 0 bridgehead atoms. The molecular formula is C22H22O5. The minimum atomic E-state index is -0.874. The summed E-state index contributed by atoms with van der Waals surface area (Å²) in [7, 11) is 0. The molecule has 1 aliphatic rings. The van der Waals surface area contributed by atoms with Crippen LogP contribution in [-0.2, 0) is 25.7 Å². The first-order chi connectivity index (χ1) is 13.1. The molecule has 0 amide bonds. The molecule has 5 heteroatoms. The van der Waals surface area contributed by atoms with E-state index in [9.17, 15) is 14.4 Å². The number of Topliss-reactive ketones (excluding diaryl/α,β-unsaturated/α-hetero) is 2. The largest absolute Gasteiger partial charge is 0.489 e. The van der Waals surface area contributed by atoms with Crippen molar-refractivity contribution in [3.05, 3.63) is 65.7 Å². The quantitative estimate of drug-likeness (QED) is 0.578. The van der Waals surface area contributed by atoms with Gasteiger partial charge in [0.05, 0.1) is 13.0 Å². The molecule has 0 aromatic heterocycles. The Hall–Kier alpha value is -2.95. The van der Waals surface area contributed by atoms with Crippen molar-refractivity contribution in [2.24, 2.45) is 5.92 Å². The predicted molar refractivity (Wildman–Crippen MR) is 99.3 cm³/mol. The van der Waals surface area contributed by atoms with Crippen molar-refractivity contribution in [3.63, 3.8) is 0 Å². The average molecular weight is 366 g/mol. The van der Waals surface area contributed by atoms with Crippen LogP contribution in [0.1, 0.15) is 36.8 Å². The molecule has 2 aromatic carbocycles. The van der Waals surface area contributed by atoms with Gasteiger partial charge >= 0.3 is 5.97 Å². The second-order valence-electron chi connectivity index (χ2n) is 6.55. The molecule has 0 radical (unpaired) electrons. The van der Waals surface area contributed by atoms with Crippen molar-refractivity contribution in [3.8, 4) is 5.75 Å². The molecule has 0 saturated heterocycles. The smallest absolute Gasteiger partial charge is 0.316 e. The molecule has 1 fully saturated rings. The van der Waals surface area contributed by atoms with Crippen molar-refractivity contribution in [2.75, 3.05) is 6.61 Å². The molecule has 1 saturated carbocycles. The molecule has 2 unspecified atom stereocenters. The first-order valence-corrected chi connectivity index (χ1v) is 9.07. The zero-order valence-corrected chi connectivity index (χ0v) is 15.2. The van der Waals surface area contributed by atoms with E-state index >= 15 is 0 Å². The first-order valence-electron chi connectivity index (χ1n) is 9.07. The van der Waals surface area contributed by atoms with Gasteiger partial charge in [-0.15, -0.1) is 0 Å². The van der Waals surface area contributed by atoms with Gasteiger partial charge < -0.3 is 9.47 Å². The molecular weight excluding hydrogens is 344 g/mol. The van der Waals surface area contributed by atoms with E-state index in [0.29, 0.717) is 12.4 Å². The third kappa shape index (κ3) is 4.61. The first kappa shape index (κ1) is 18.8. The van der Waals surface area contributed by atoms with Crippen molar-refractivity contribution >= 4 is 17.5 Å². The molecule has 0 spiro atoms. The number of hydrogen-bond donors (Lipinski definition) is 0. The van der Waals surface area contributed by atoms with Crippen LogP contribution in [0.3, 0.4) is 0 Å². The Kier molecular flexibility index (Phi) is 6.01. The van der Waals surface area contributed by atoms with E-state index in [1.165, 1.54) is 0 Å². The highest BCUT2D eigenvalue weighted by Crippen LogP contribution is 2.34. The van der Waals surface area contributed by atoms with Gasteiger partial charge in [-0.3, -0.25) is 14.4 Å². The highest BCUT2D eigenvalue weighted by Gasteiger charge is 2.40. The van der Waals surface area contributed by atoms with Crippen LogP contribution in [0.25, 0.3) is 0 Å². The maximum absolute atomic E-state index is 12.4. The number of carbonyl (C=O) groups is 3. The Morgan fingerprint density at radius 1 is 1.04 bits per heavy atom. The van der Waals surface area contributed by atoms with Crippen molar-refractivity contribution < 1.29 is 23.9 Å². The summed E-state index contributed by atoms with van der Waals surface area (Å²) in [5.74, 6) is -1.80. The van der Waals surface area contributed by atoms with Crippen molar-refractivity contribution in [1.29, 1.82) is 0 Å². The van der Waals surface area contributed by atoms with E-state index in [-0.39, 0.29) is 31.0 Å². The van der Waals surface area contributed by atoms with E-state index in [1.54, 1.807) is 6.92 Å². The summed E-state index contributed by atoms with van der Waals surface area (Å²) in [6, 6.07) is 17.1. The summed E-state index contributed by atoms with van der Waals surface area (Å²) in [5, 5.41) is 0. The van der Waals surface area contributed by atoms with Crippen LogP contribution in [0.2, 0.25) is 0 Å². The number of ether oxygens (including phenoxy) is 2. The zero-order chi connectivity index (χ0) is 19.2.